The maximum Gasteiger partial charge on any atom is 0.267 e. The van der Waals surface area contributed by atoms with Gasteiger partial charge in [-0.2, -0.15) is 0 Å². The number of methoxy groups -OCH3 is 1. The van der Waals surface area contributed by atoms with Crippen molar-refractivity contribution in [3.05, 3.63) is 74.5 Å². The van der Waals surface area contributed by atoms with Gasteiger partial charge in [-0.1, -0.05) is 42.2 Å². The highest BCUT2D eigenvalue weighted by Crippen LogP contribution is 2.35. The second kappa shape index (κ2) is 10.3. The number of rotatable bonds is 5. The SMILES string of the molecule is COc1ccc(CN2C(=O)/C(=C/c3c(N4C[C@@H](C)O[C@@H](C)C4)nc4c(C)cccn4c3=O)SC2=S)cc1. The normalized spacial score (nSPS) is 21.4. The third kappa shape index (κ3) is 5.01. The predicted octanol–water partition coefficient (Wildman–Crippen LogP) is 4.03. The summed E-state index contributed by atoms with van der Waals surface area (Å²) in [5, 5.41) is 0. The van der Waals surface area contributed by atoms with Crippen LogP contribution in [0.1, 0.15) is 30.5 Å². The lowest BCUT2D eigenvalue weighted by Gasteiger charge is -2.36. The number of fused-ring (bicyclic) bond motifs is 1. The van der Waals surface area contributed by atoms with E-state index in [4.69, 9.17) is 26.7 Å². The Bertz CT molecular complexity index is 1460. The molecule has 0 N–H and O–H groups in total. The zero-order valence-corrected chi connectivity index (χ0v) is 22.8. The molecule has 8 nitrogen and oxygen atoms in total. The van der Waals surface area contributed by atoms with Crippen LogP contribution in [0.4, 0.5) is 5.82 Å². The molecular weight excluding hydrogens is 508 g/mol. The van der Waals surface area contributed by atoms with E-state index < -0.39 is 0 Å². The third-order valence-electron chi connectivity index (χ3n) is 6.43. The standard InChI is InChI=1S/C27H28N4O4S2/c1-16-6-5-11-30-23(16)28-24(29-13-17(2)35-18(3)14-29)21(25(30)32)12-22-26(33)31(27(36)37-22)15-19-7-9-20(34-4)10-8-19/h5-12,17-18H,13-15H2,1-4H3/b22-12-/t17-,18+. The molecule has 3 aromatic rings. The Kier molecular flexibility index (Phi) is 7.06. The minimum absolute atomic E-state index is 0.0172. The van der Waals surface area contributed by atoms with Crippen molar-refractivity contribution in [1.29, 1.82) is 0 Å². The average molecular weight is 537 g/mol. The van der Waals surface area contributed by atoms with E-state index in [-0.39, 0.29) is 23.7 Å². The lowest BCUT2D eigenvalue weighted by molar-refractivity contribution is -0.122. The molecule has 2 aromatic heterocycles. The molecule has 192 valence electrons. The number of nitrogens with zero attached hydrogens (tertiary/aromatic N) is 4. The molecular formula is C27H28N4O4S2. The summed E-state index contributed by atoms with van der Waals surface area (Å²) in [4.78, 5) is 36.2. The molecule has 1 amide bonds. The van der Waals surface area contributed by atoms with Crippen LogP contribution in [0.5, 0.6) is 5.75 Å². The molecule has 0 bridgehead atoms. The number of carbonyl (C=O) groups is 1. The molecule has 10 heteroatoms. The highest BCUT2D eigenvalue weighted by atomic mass is 32.2. The van der Waals surface area contributed by atoms with Crippen molar-refractivity contribution < 1.29 is 14.3 Å². The van der Waals surface area contributed by atoms with Crippen molar-refractivity contribution >= 4 is 51.7 Å². The van der Waals surface area contributed by atoms with E-state index in [1.807, 2.05) is 57.2 Å². The molecule has 2 atom stereocenters. The van der Waals surface area contributed by atoms with Crippen molar-refractivity contribution in [3.63, 3.8) is 0 Å². The van der Waals surface area contributed by atoms with E-state index in [1.54, 1.807) is 24.3 Å². The Balaban J connectivity index is 1.56. The number of thiocarbonyl (C=S) groups is 1. The Morgan fingerprint density at radius 2 is 1.86 bits per heavy atom. The highest BCUT2D eigenvalue weighted by Gasteiger charge is 2.34. The number of thioether (sulfide) groups is 1. The fourth-order valence-electron chi connectivity index (χ4n) is 4.70. The predicted molar refractivity (Wildman–Crippen MR) is 150 cm³/mol. The Labute approximate surface area is 224 Å². The molecule has 0 unspecified atom stereocenters. The monoisotopic (exact) mass is 536 g/mol. The first-order valence-corrected chi connectivity index (χ1v) is 13.3. The first-order valence-electron chi connectivity index (χ1n) is 12.1. The Morgan fingerprint density at radius 3 is 2.54 bits per heavy atom. The van der Waals surface area contributed by atoms with Crippen LogP contribution in [0, 0.1) is 6.92 Å². The van der Waals surface area contributed by atoms with E-state index in [0.717, 1.165) is 16.9 Å². The van der Waals surface area contributed by atoms with E-state index in [2.05, 4.69) is 4.90 Å². The summed E-state index contributed by atoms with van der Waals surface area (Å²) in [5.41, 5.74) is 2.56. The van der Waals surface area contributed by atoms with Crippen LogP contribution in [-0.2, 0) is 16.1 Å². The minimum atomic E-state index is -0.228. The Hall–Kier alpha value is -3.21. The van der Waals surface area contributed by atoms with Gasteiger partial charge >= 0.3 is 0 Å². The van der Waals surface area contributed by atoms with Gasteiger partial charge in [-0.05, 0) is 56.2 Å². The molecule has 0 spiro atoms. The largest absolute Gasteiger partial charge is 0.497 e. The van der Waals surface area contributed by atoms with E-state index >= 15 is 0 Å². The van der Waals surface area contributed by atoms with Crippen molar-refractivity contribution in [2.75, 3.05) is 25.1 Å². The third-order valence-corrected chi connectivity index (χ3v) is 7.81. The van der Waals surface area contributed by atoms with Gasteiger partial charge in [0.25, 0.3) is 11.5 Å². The van der Waals surface area contributed by atoms with Crippen molar-refractivity contribution in [1.82, 2.24) is 14.3 Å². The Morgan fingerprint density at radius 1 is 1.16 bits per heavy atom. The summed E-state index contributed by atoms with van der Waals surface area (Å²) < 4.78 is 13.1. The van der Waals surface area contributed by atoms with Gasteiger partial charge in [-0.3, -0.25) is 18.9 Å². The van der Waals surface area contributed by atoms with Crippen molar-refractivity contribution in [3.8, 4) is 5.75 Å². The number of anilines is 1. The summed E-state index contributed by atoms with van der Waals surface area (Å²) in [6, 6.07) is 11.3. The van der Waals surface area contributed by atoms with Gasteiger partial charge < -0.3 is 14.4 Å². The summed E-state index contributed by atoms with van der Waals surface area (Å²) in [5.74, 6) is 1.07. The molecule has 5 rings (SSSR count). The summed E-state index contributed by atoms with van der Waals surface area (Å²) in [7, 11) is 1.61. The van der Waals surface area contributed by atoms with Crippen LogP contribution < -0.4 is 15.2 Å². The number of benzene rings is 1. The average Bonchev–Trinajstić information content (AvgIpc) is 3.13. The zero-order valence-electron chi connectivity index (χ0n) is 21.1. The van der Waals surface area contributed by atoms with Crippen LogP contribution in [0.2, 0.25) is 0 Å². The summed E-state index contributed by atoms with van der Waals surface area (Å²) >= 11 is 6.75. The molecule has 2 aliphatic heterocycles. The lowest BCUT2D eigenvalue weighted by Crippen LogP contribution is -2.46. The molecule has 0 radical (unpaired) electrons. The van der Waals surface area contributed by atoms with Gasteiger partial charge in [0.05, 0.1) is 36.3 Å². The lowest BCUT2D eigenvalue weighted by atomic mass is 10.1. The van der Waals surface area contributed by atoms with Crippen molar-refractivity contribution in [2.45, 2.75) is 39.5 Å². The first-order chi connectivity index (χ1) is 17.7. The topological polar surface area (TPSA) is 76.4 Å². The number of carbonyl (C=O) groups excluding carboxylic acids is 1. The van der Waals surface area contributed by atoms with Crippen LogP contribution in [0.3, 0.4) is 0 Å². The number of aryl methyl sites for hydroxylation is 1. The van der Waals surface area contributed by atoms with E-state index in [9.17, 15) is 9.59 Å². The number of hydrogen-bond acceptors (Lipinski definition) is 8. The quantitative estimate of drug-likeness (QED) is 0.358. The number of ether oxygens (including phenoxy) is 2. The number of aromatic nitrogens is 2. The summed E-state index contributed by atoms with van der Waals surface area (Å²) in [6.07, 6.45) is 3.32. The molecule has 0 saturated carbocycles. The maximum absolute atomic E-state index is 13.8. The van der Waals surface area contributed by atoms with E-state index in [0.29, 0.717) is 45.9 Å². The van der Waals surface area contributed by atoms with Crippen LogP contribution in [-0.4, -0.2) is 56.9 Å². The molecule has 2 aliphatic rings. The van der Waals surface area contributed by atoms with Crippen LogP contribution in [0.25, 0.3) is 11.7 Å². The summed E-state index contributed by atoms with van der Waals surface area (Å²) in [6.45, 7) is 7.47. The minimum Gasteiger partial charge on any atom is -0.497 e. The number of pyridine rings is 1. The smallest absolute Gasteiger partial charge is 0.267 e. The number of hydrogen-bond donors (Lipinski definition) is 0. The van der Waals surface area contributed by atoms with E-state index in [1.165, 1.54) is 16.2 Å². The van der Waals surface area contributed by atoms with Gasteiger partial charge in [0.15, 0.2) is 0 Å². The van der Waals surface area contributed by atoms with Crippen LogP contribution >= 0.6 is 24.0 Å². The van der Waals surface area contributed by atoms with Gasteiger partial charge in [0.1, 0.15) is 21.5 Å². The first kappa shape index (κ1) is 25.4. The zero-order chi connectivity index (χ0) is 26.3. The molecule has 4 heterocycles. The van der Waals surface area contributed by atoms with Gasteiger partial charge in [-0.15, -0.1) is 0 Å². The highest BCUT2D eigenvalue weighted by molar-refractivity contribution is 8.26. The molecule has 1 aromatic carbocycles. The maximum atomic E-state index is 13.8. The fraction of sp³-hybridized carbons (Fsp3) is 0.333. The second-order valence-corrected chi connectivity index (χ2v) is 11.0. The van der Waals surface area contributed by atoms with Crippen molar-refractivity contribution in [2.24, 2.45) is 0 Å². The van der Waals surface area contributed by atoms with Gasteiger partial charge in [0, 0.05) is 19.3 Å². The fourth-order valence-corrected chi connectivity index (χ4v) is 5.94. The van der Waals surface area contributed by atoms with Gasteiger partial charge in [-0.25, -0.2) is 4.98 Å². The molecule has 2 saturated heterocycles. The number of morpholine rings is 1. The second-order valence-electron chi connectivity index (χ2n) is 9.32. The molecule has 0 aliphatic carbocycles. The van der Waals surface area contributed by atoms with Gasteiger partial charge in [0.2, 0.25) is 0 Å². The molecule has 37 heavy (non-hydrogen) atoms. The molecule has 2 fully saturated rings. The van der Waals surface area contributed by atoms with Crippen LogP contribution in [0.15, 0.2) is 52.3 Å². The number of amides is 1.